The largest absolute Gasteiger partial charge is 0.504 e. The molecule has 0 saturated carbocycles. The molecule has 2 aromatic rings. The summed E-state index contributed by atoms with van der Waals surface area (Å²) in [6.07, 6.45) is 1.57. The Balaban J connectivity index is 2.38. The lowest BCUT2D eigenvalue weighted by Crippen LogP contribution is -1.88. The fourth-order valence-corrected chi connectivity index (χ4v) is 1.48. The third-order valence-electron chi connectivity index (χ3n) is 1.87. The maximum atomic E-state index is 9.58. The summed E-state index contributed by atoms with van der Waals surface area (Å²) in [7, 11) is 0. The maximum Gasteiger partial charge on any atom is 0.219 e. The molecule has 3 nitrogen and oxygen atoms in total. The molecule has 16 heavy (non-hydrogen) atoms. The zero-order valence-corrected chi connectivity index (χ0v) is 9.53. The second kappa shape index (κ2) is 4.60. The number of aromatic hydroxyl groups is 1. The van der Waals surface area contributed by atoms with E-state index in [0.29, 0.717) is 10.9 Å². The molecular weight excluding hydrogens is 249 g/mol. The summed E-state index contributed by atoms with van der Waals surface area (Å²) < 4.78 is 5.34. The van der Waals surface area contributed by atoms with Crippen LogP contribution >= 0.6 is 23.2 Å². The van der Waals surface area contributed by atoms with E-state index in [-0.39, 0.29) is 16.5 Å². The van der Waals surface area contributed by atoms with E-state index in [9.17, 15) is 5.11 Å². The Labute approximate surface area is 102 Å². The molecule has 0 atom stereocenters. The van der Waals surface area contributed by atoms with Crippen LogP contribution in [0.2, 0.25) is 10.0 Å². The van der Waals surface area contributed by atoms with Crippen molar-refractivity contribution in [3.63, 3.8) is 0 Å². The van der Waals surface area contributed by atoms with Gasteiger partial charge >= 0.3 is 0 Å². The summed E-state index contributed by atoms with van der Waals surface area (Å²) in [5, 5.41) is 10.1. The molecule has 0 unspecified atom stereocenters. The molecule has 0 aliphatic heterocycles. The van der Waals surface area contributed by atoms with Gasteiger partial charge in [0.2, 0.25) is 5.88 Å². The summed E-state index contributed by atoms with van der Waals surface area (Å²) >= 11 is 11.7. The number of hydrogen-bond acceptors (Lipinski definition) is 3. The number of phenolic OH excluding ortho intramolecular Hbond substituents is 1. The van der Waals surface area contributed by atoms with Gasteiger partial charge in [0.05, 0.1) is 5.02 Å². The average Bonchev–Trinajstić information content (AvgIpc) is 2.31. The highest BCUT2D eigenvalue weighted by Crippen LogP contribution is 2.41. The van der Waals surface area contributed by atoms with Crippen molar-refractivity contribution in [2.24, 2.45) is 0 Å². The van der Waals surface area contributed by atoms with Gasteiger partial charge in [0.15, 0.2) is 11.5 Å². The van der Waals surface area contributed by atoms with Crippen LogP contribution in [0.4, 0.5) is 0 Å². The molecule has 0 amide bonds. The SMILES string of the molecule is Oc1ccc(Cl)c(Cl)c1Oc1ccccn1. The first-order valence-electron chi connectivity index (χ1n) is 4.44. The third kappa shape index (κ3) is 2.21. The lowest BCUT2D eigenvalue weighted by Gasteiger charge is -2.09. The average molecular weight is 256 g/mol. The third-order valence-corrected chi connectivity index (χ3v) is 2.66. The molecule has 0 aliphatic carbocycles. The number of halogens is 2. The summed E-state index contributed by atoms with van der Waals surface area (Å²) in [4.78, 5) is 3.95. The van der Waals surface area contributed by atoms with E-state index in [4.69, 9.17) is 27.9 Å². The molecule has 1 aromatic carbocycles. The number of hydrogen-bond donors (Lipinski definition) is 1. The molecular formula is C11H7Cl2NO2. The van der Waals surface area contributed by atoms with Crippen LogP contribution in [0.15, 0.2) is 36.5 Å². The molecule has 82 valence electrons. The van der Waals surface area contributed by atoms with Crippen molar-refractivity contribution < 1.29 is 9.84 Å². The van der Waals surface area contributed by atoms with E-state index in [1.54, 1.807) is 24.4 Å². The lowest BCUT2D eigenvalue weighted by molar-refractivity contribution is 0.403. The van der Waals surface area contributed by atoms with E-state index in [1.165, 1.54) is 12.1 Å². The van der Waals surface area contributed by atoms with Gasteiger partial charge in [0, 0.05) is 12.3 Å². The van der Waals surface area contributed by atoms with Crippen molar-refractivity contribution in [2.75, 3.05) is 0 Å². The highest BCUT2D eigenvalue weighted by Gasteiger charge is 2.12. The summed E-state index contributed by atoms with van der Waals surface area (Å²) in [6.45, 7) is 0. The van der Waals surface area contributed by atoms with Crippen LogP contribution in [0.3, 0.4) is 0 Å². The molecule has 2 rings (SSSR count). The lowest BCUT2D eigenvalue weighted by atomic mass is 10.3. The minimum Gasteiger partial charge on any atom is -0.504 e. The van der Waals surface area contributed by atoms with Gasteiger partial charge in [0.25, 0.3) is 0 Å². The molecule has 0 spiro atoms. The zero-order chi connectivity index (χ0) is 11.5. The Morgan fingerprint density at radius 1 is 1.12 bits per heavy atom. The summed E-state index contributed by atoms with van der Waals surface area (Å²) in [5.41, 5.74) is 0. The smallest absolute Gasteiger partial charge is 0.219 e. The van der Waals surface area contributed by atoms with Crippen LogP contribution in [-0.2, 0) is 0 Å². The van der Waals surface area contributed by atoms with E-state index < -0.39 is 0 Å². The van der Waals surface area contributed by atoms with Gasteiger partial charge in [-0.25, -0.2) is 4.98 Å². The summed E-state index contributed by atoms with van der Waals surface area (Å²) in [5.74, 6) is 0.356. The predicted octanol–water partition coefficient (Wildman–Crippen LogP) is 3.89. The van der Waals surface area contributed by atoms with E-state index in [2.05, 4.69) is 4.98 Å². The fourth-order valence-electron chi connectivity index (χ4n) is 1.13. The van der Waals surface area contributed by atoms with Gasteiger partial charge in [-0.15, -0.1) is 0 Å². The minimum atomic E-state index is -0.0833. The molecule has 0 fully saturated rings. The number of nitrogens with zero attached hydrogens (tertiary/aromatic N) is 1. The van der Waals surface area contributed by atoms with Crippen molar-refractivity contribution in [1.82, 2.24) is 4.98 Å². The standard InChI is InChI=1S/C11H7Cl2NO2/c12-7-4-5-8(15)11(10(7)13)16-9-3-1-2-6-14-9/h1-6,15H. The van der Waals surface area contributed by atoms with Crippen LogP contribution in [0.1, 0.15) is 0 Å². The van der Waals surface area contributed by atoms with Crippen LogP contribution < -0.4 is 4.74 Å². The number of rotatable bonds is 2. The number of benzene rings is 1. The second-order valence-corrected chi connectivity index (χ2v) is 3.76. The fraction of sp³-hybridized carbons (Fsp3) is 0. The topological polar surface area (TPSA) is 42.4 Å². The summed E-state index contributed by atoms with van der Waals surface area (Å²) in [6, 6.07) is 8.07. The van der Waals surface area contributed by atoms with Crippen LogP contribution in [0, 0.1) is 0 Å². The minimum absolute atomic E-state index is 0.0833. The Kier molecular flexibility index (Phi) is 3.17. The molecule has 0 aliphatic rings. The first kappa shape index (κ1) is 11.0. The van der Waals surface area contributed by atoms with Gasteiger partial charge in [-0.3, -0.25) is 0 Å². The van der Waals surface area contributed by atoms with Gasteiger partial charge in [0.1, 0.15) is 5.02 Å². The monoisotopic (exact) mass is 255 g/mol. The number of pyridine rings is 1. The Hall–Kier alpha value is -1.45. The molecule has 0 radical (unpaired) electrons. The Bertz CT molecular complexity index is 503. The van der Waals surface area contributed by atoms with Crippen LogP contribution in [0.25, 0.3) is 0 Å². The Morgan fingerprint density at radius 3 is 2.62 bits per heavy atom. The molecule has 0 saturated heterocycles. The maximum absolute atomic E-state index is 9.58. The van der Waals surface area contributed by atoms with Gasteiger partial charge in [-0.2, -0.15) is 0 Å². The van der Waals surface area contributed by atoms with Gasteiger partial charge in [-0.05, 0) is 18.2 Å². The van der Waals surface area contributed by atoms with Crippen molar-refractivity contribution in [2.45, 2.75) is 0 Å². The molecule has 1 aromatic heterocycles. The van der Waals surface area contributed by atoms with Gasteiger partial charge in [-0.1, -0.05) is 29.3 Å². The van der Waals surface area contributed by atoms with Gasteiger partial charge < -0.3 is 9.84 Å². The van der Waals surface area contributed by atoms with E-state index in [0.717, 1.165) is 0 Å². The zero-order valence-electron chi connectivity index (χ0n) is 8.02. The van der Waals surface area contributed by atoms with E-state index in [1.807, 2.05) is 0 Å². The van der Waals surface area contributed by atoms with Crippen molar-refractivity contribution in [3.8, 4) is 17.4 Å². The number of aromatic nitrogens is 1. The predicted molar refractivity (Wildman–Crippen MR) is 62.4 cm³/mol. The highest BCUT2D eigenvalue weighted by molar-refractivity contribution is 6.43. The molecule has 5 heteroatoms. The molecule has 1 heterocycles. The first-order valence-corrected chi connectivity index (χ1v) is 5.20. The molecule has 0 bridgehead atoms. The number of phenols is 1. The van der Waals surface area contributed by atoms with Crippen molar-refractivity contribution >= 4 is 23.2 Å². The second-order valence-electron chi connectivity index (χ2n) is 2.98. The van der Waals surface area contributed by atoms with E-state index >= 15 is 0 Å². The number of ether oxygens (including phenoxy) is 1. The van der Waals surface area contributed by atoms with Crippen LogP contribution in [0.5, 0.6) is 17.4 Å². The van der Waals surface area contributed by atoms with Crippen molar-refractivity contribution in [1.29, 1.82) is 0 Å². The first-order chi connectivity index (χ1) is 7.68. The highest BCUT2D eigenvalue weighted by atomic mass is 35.5. The quantitative estimate of drug-likeness (QED) is 0.886. The van der Waals surface area contributed by atoms with Crippen molar-refractivity contribution in [3.05, 3.63) is 46.6 Å². The molecule has 1 N–H and O–H groups in total. The van der Waals surface area contributed by atoms with Crippen LogP contribution in [-0.4, -0.2) is 10.1 Å². The normalized spacial score (nSPS) is 10.1. The Morgan fingerprint density at radius 2 is 1.94 bits per heavy atom.